The Morgan fingerprint density at radius 2 is 0.774 bits per heavy atom. The molecule has 62 heavy (non-hydrogen) atoms. The van der Waals surface area contributed by atoms with Gasteiger partial charge in [0, 0.05) is 33.3 Å². The molecule has 11 aromatic rings. The summed E-state index contributed by atoms with van der Waals surface area (Å²) >= 11 is 0. The minimum absolute atomic E-state index is 0.112. The normalized spacial score (nSPS) is 12.1. The van der Waals surface area contributed by atoms with E-state index in [1.165, 1.54) is 0 Å². The van der Waals surface area contributed by atoms with Crippen LogP contribution in [0.5, 0.6) is 0 Å². The van der Waals surface area contributed by atoms with Crippen molar-refractivity contribution in [3.63, 3.8) is 0 Å². The van der Waals surface area contributed by atoms with Crippen molar-refractivity contribution < 1.29 is 5.48 Å². The van der Waals surface area contributed by atoms with Crippen LogP contribution in [0.1, 0.15) is 5.48 Å². The predicted octanol–water partition coefficient (Wildman–Crippen LogP) is 16.6. The van der Waals surface area contributed by atoms with Crippen LogP contribution in [0.25, 0.3) is 83.1 Å². The highest BCUT2D eigenvalue weighted by molar-refractivity contribution is 6.11. The second kappa shape index (κ2) is 16.1. The van der Waals surface area contributed by atoms with Crippen molar-refractivity contribution in [1.82, 2.24) is 4.57 Å². The number of rotatable bonds is 9. The maximum absolute atomic E-state index is 9.81. The van der Waals surface area contributed by atoms with Gasteiger partial charge in [-0.25, -0.2) is 0 Å². The van der Waals surface area contributed by atoms with E-state index in [2.05, 4.69) is 114 Å². The first-order valence-corrected chi connectivity index (χ1v) is 20.9. The Morgan fingerprint density at radius 1 is 0.306 bits per heavy atom. The summed E-state index contributed by atoms with van der Waals surface area (Å²) in [5.41, 5.74) is 13.9. The van der Waals surface area contributed by atoms with Crippen LogP contribution in [0.15, 0.2) is 255 Å². The fourth-order valence-electron chi connectivity index (χ4n) is 8.69. The molecule has 0 atom stereocenters. The van der Waals surface area contributed by atoms with E-state index in [-0.39, 0.29) is 35.4 Å². The highest BCUT2D eigenvalue weighted by Crippen LogP contribution is 2.43. The Bertz CT molecular complexity index is 3520. The minimum Gasteiger partial charge on any atom is -0.310 e. The zero-order valence-corrected chi connectivity index (χ0v) is 33.8. The molecule has 0 aliphatic heterocycles. The molecule has 0 N–H and O–H groups in total. The molecule has 11 rings (SSSR count). The van der Waals surface area contributed by atoms with Gasteiger partial charge >= 0.3 is 0 Å². The van der Waals surface area contributed by atoms with Crippen molar-refractivity contribution in [3.05, 3.63) is 255 Å². The largest absolute Gasteiger partial charge is 0.310 e. The van der Waals surface area contributed by atoms with E-state index >= 15 is 0 Å². The maximum atomic E-state index is 9.81. The Balaban J connectivity index is 1.07. The number of hydrogen-bond donors (Lipinski definition) is 0. The average Bonchev–Trinajstić information content (AvgIpc) is 3.71. The van der Waals surface area contributed by atoms with Crippen LogP contribution < -0.4 is 4.90 Å². The Hall–Kier alpha value is -8.20. The van der Waals surface area contributed by atoms with Crippen molar-refractivity contribution >= 4 is 38.9 Å². The summed E-state index contributed by atoms with van der Waals surface area (Å²) < 4.78 is 41.3. The Morgan fingerprint density at radius 3 is 1.45 bits per heavy atom. The first-order chi connectivity index (χ1) is 32.4. The molecule has 0 fully saturated rings. The summed E-state index contributed by atoms with van der Waals surface area (Å²) in [6.07, 6.45) is 0. The molecule has 292 valence electrons. The fourth-order valence-corrected chi connectivity index (χ4v) is 8.69. The molecule has 0 radical (unpaired) electrons. The monoisotopic (exact) mass is 794 g/mol. The molecule has 0 aliphatic carbocycles. The molecule has 1 heterocycles. The van der Waals surface area contributed by atoms with Crippen LogP contribution >= 0.6 is 0 Å². The second-order valence-electron chi connectivity index (χ2n) is 15.4. The zero-order chi connectivity index (χ0) is 44.7. The molecule has 0 saturated carbocycles. The predicted molar refractivity (Wildman–Crippen MR) is 263 cm³/mol. The van der Waals surface area contributed by atoms with Crippen LogP contribution in [-0.2, 0) is 0 Å². The summed E-state index contributed by atoms with van der Waals surface area (Å²) in [7, 11) is 0. The van der Waals surface area contributed by atoms with Gasteiger partial charge in [-0.1, -0.05) is 200 Å². The van der Waals surface area contributed by atoms with Gasteiger partial charge in [0.15, 0.2) is 0 Å². The molecule has 0 spiro atoms. The average molecular weight is 795 g/mol. The standard InChI is InChI=1S/C60H42N2/c1-4-16-43(17-5-1)45-28-30-49(31-29-45)54-23-10-13-25-57(54)61(51-37-32-46(33-38-51)44-18-6-2-7-19-44)52-39-34-47(35-40-52)50-36-41-60-56(42-50)55-24-12-15-27-59(55)62(60)58-26-14-11-22-53(58)48-20-8-3-9-21-48/h1-42H/i34D,35D,39D,40D. The second-order valence-corrected chi connectivity index (χ2v) is 15.4. The lowest BCUT2D eigenvalue weighted by atomic mass is 9.98. The van der Waals surface area contributed by atoms with Crippen LogP contribution in [0.2, 0.25) is 0 Å². The summed E-state index contributed by atoms with van der Waals surface area (Å²) in [6.45, 7) is 0. The molecular formula is C60H42N2. The van der Waals surface area contributed by atoms with Gasteiger partial charge in [0.25, 0.3) is 0 Å². The van der Waals surface area contributed by atoms with Gasteiger partial charge in [0.05, 0.1) is 27.9 Å². The van der Waals surface area contributed by atoms with Crippen molar-refractivity contribution in [1.29, 1.82) is 0 Å². The fraction of sp³-hybridized carbons (Fsp3) is 0. The molecule has 0 saturated heterocycles. The lowest BCUT2D eigenvalue weighted by Crippen LogP contribution is -2.11. The van der Waals surface area contributed by atoms with Crippen molar-refractivity contribution in [3.8, 4) is 61.3 Å². The SMILES string of the molecule is [2H]c1c([2H])c(N(c2ccc(-c3ccccc3)cc2)c2ccccc2-c2ccc(-c3ccccc3)cc2)c([2H])c([2H])c1-c1ccc2c(c1)c1ccccc1n2-c1ccccc1-c1ccccc1. The minimum atomic E-state index is -0.133. The van der Waals surface area contributed by atoms with E-state index in [1.54, 1.807) is 0 Å². The number of para-hydroxylation sites is 3. The lowest BCUT2D eigenvalue weighted by Gasteiger charge is -2.28. The molecule has 0 aliphatic rings. The van der Waals surface area contributed by atoms with Gasteiger partial charge < -0.3 is 9.47 Å². The molecule has 2 heteroatoms. The third kappa shape index (κ3) is 6.84. The number of hydrogen-bond acceptors (Lipinski definition) is 1. The summed E-state index contributed by atoms with van der Waals surface area (Å²) in [6, 6.07) is 77.6. The van der Waals surface area contributed by atoms with E-state index < -0.39 is 0 Å². The Labute approximate surface area is 368 Å². The summed E-state index contributed by atoms with van der Waals surface area (Å²) in [5.74, 6) is 0. The Kier molecular flexibility index (Phi) is 8.47. The van der Waals surface area contributed by atoms with Crippen LogP contribution in [0, 0.1) is 0 Å². The third-order valence-corrected chi connectivity index (χ3v) is 11.7. The lowest BCUT2D eigenvalue weighted by molar-refractivity contribution is 1.18. The van der Waals surface area contributed by atoms with Crippen LogP contribution in [0.3, 0.4) is 0 Å². The van der Waals surface area contributed by atoms with Crippen molar-refractivity contribution in [2.24, 2.45) is 0 Å². The van der Waals surface area contributed by atoms with Gasteiger partial charge in [0.2, 0.25) is 0 Å². The molecule has 0 amide bonds. The highest BCUT2D eigenvalue weighted by atomic mass is 15.1. The molecule has 0 bridgehead atoms. The van der Waals surface area contributed by atoms with E-state index in [0.717, 1.165) is 77.7 Å². The molecular weight excluding hydrogens is 749 g/mol. The number of anilines is 3. The summed E-state index contributed by atoms with van der Waals surface area (Å²) in [4.78, 5) is 1.89. The van der Waals surface area contributed by atoms with Crippen molar-refractivity contribution in [2.75, 3.05) is 4.90 Å². The van der Waals surface area contributed by atoms with E-state index in [4.69, 9.17) is 0 Å². The van der Waals surface area contributed by atoms with Crippen molar-refractivity contribution in [2.45, 2.75) is 0 Å². The van der Waals surface area contributed by atoms with Gasteiger partial charge in [-0.3, -0.25) is 0 Å². The first-order valence-electron chi connectivity index (χ1n) is 22.9. The topological polar surface area (TPSA) is 8.17 Å². The molecule has 0 unspecified atom stereocenters. The zero-order valence-electron chi connectivity index (χ0n) is 37.8. The quantitative estimate of drug-likeness (QED) is 0.141. The first kappa shape index (κ1) is 32.6. The number of nitrogens with zero attached hydrogens (tertiary/aromatic N) is 2. The van der Waals surface area contributed by atoms with Gasteiger partial charge in [-0.2, -0.15) is 0 Å². The number of fused-ring (bicyclic) bond motifs is 3. The highest BCUT2D eigenvalue weighted by Gasteiger charge is 2.19. The van der Waals surface area contributed by atoms with Gasteiger partial charge in [0.1, 0.15) is 0 Å². The van der Waals surface area contributed by atoms with E-state index in [9.17, 15) is 5.48 Å². The summed E-state index contributed by atoms with van der Waals surface area (Å²) in [5, 5.41) is 1.99. The van der Waals surface area contributed by atoms with Crippen LogP contribution in [0.4, 0.5) is 17.1 Å². The van der Waals surface area contributed by atoms with Crippen LogP contribution in [-0.4, -0.2) is 4.57 Å². The number of benzene rings is 10. The molecule has 2 nitrogen and oxygen atoms in total. The smallest absolute Gasteiger partial charge is 0.0645 e. The van der Waals surface area contributed by atoms with E-state index in [1.807, 2.05) is 126 Å². The molecule has 1 aromatic heterocycles. The van der Waals surface area contributed by atoms with Gasteiger partial charge in [-0.05, 0) is 99.1 Å². The van der Waals surface area contributed by atoms with Gasteiger partial charge in [-0.15, -0.1) is 0 Å². The molecule has 10 aromatic carbocycles. The third-order valence-electron chi connectivity index (χ3n) is 11.7. The van der Waals surface area contributed by atoms with E-state index in [0.29, 0.717) is 11.3 Å². The number of aromatic nitrogens is 1. The maximum Gasteiger partial charge on any atom is 0.0645 e.